The van der Waals surface area contributed by atoms with Crippen molar-refractivity contribution in [2.45, 2.75) is 212 Å². The van der Waals surface area contributed by atoms with Gasteiger partial charge in [-0.2, -0.15) is 0 Å². The van der Waals surface area contributed by atoms with E-state index in [1.807, 2.05) is 90.7 Å². The summed E-state index contributed by atoms with van der Waals surface area (Å²) in [6.45, 7) is 29.3. The minimum absolute atomic E-state index is 0.0947. The maximum atomic E-state index is 2.69. The lowest BCUT2D eigenvalue weighted by molar-refractivity contribution is 0.301. The third kappa shape index (κ3) is 14.1. The van der Waals surface area contributed by atoms with Gasteiger partial charge >= 0.3 is 0 Å². The number of allylic oxidation sites excluding steroid dienone is 12. The van der Waals surface area contributed by atoms with E-state index >= 15 is 0 Å². The van der Waals surface area contributed by atoms with Gasteiger partial charge in [-0.25, -0.2) is 0 Å². The number of hydrogen-bond acceptors (Lipinski definition) is 10. The molecule has 538 valence electrons. The largest absolute Gasteiger partial charge is 0.143 e. The Morgan fingerprint density at radius 2 is 0.558 bits per heavy atom. The molecule has 0 unspecified atom stereocenters. The Morgan fingerprint density at radius 1 is 0.279 bits per heavy atom. The van der Waals surface area contributed by atoms with Gasteiger partial charge in [0.15, 0.2) is 0 Å². The van der Waals surface area contributed by atoms with Crippen molar-refractivity contribution in [2.75, 3.05) is 0 Å². The average molecular weight is 1550 g/mol. The van der Waals surface area contributed by atoms with Crippen LogP contribution in [0, 0.1) is 21.7 Å². The van der Waals surface area contributed by atoms with Gasteiger partial charge in [0.2, 0.25) is 0 Å². The second-order valence-electron chi connectivity index (χ2n) is 31.8. The smallest absolute Gasteiger partial charge is 0.0484 e. The molecule has 4 aliphatic carbocycles. The molecular weight excluding hydrogens is 1450 g/mol. The Balaban J connectivity index is 0.881. The van der Waals surface area contributed by atoms with E-state index < -0.39 is 0 Å². The van der Waals surface area contributed by atoms with Gasteiger partial charge in [0.1, 0.15) is 0 Å². The minimum Gasteiger partial charge on any atom is -0.143 e. The summed E-state index contributed by atoms with van der Waals surface area (Å²) in [4.78, 5) is 25.5. The van der Waals surface area contributed by atoms with Crippen molar-refractivity contribution in [1.82, 2.24) is 0 Å². The van der Waals surface area contributed by atoms with Crippen molar-refractivity contribution in [3.63, 3.8) is 0 Å². The number of benzene rings is 1. The minimum atomic E-state index is -0.387. The third-order valence-electron chi connectivity index (χ3n) is 22.8. The van der Waals surface area contributed by atoms with Crippen molar-refractivity contribution in [1.29, 1.82) is 0 Å². The van der Waals surface area contributed by atoms with E-state index in [-0.39, 0.29) is 21.7 Å². The van der Waals surface area contributed by atoms with Crippen LogP contribution in [0.5, 0.6) is 0 Å². The normalized spacial score (nSPS) is 17.3. The quantitative estimate of drug-likeness (QED) is 0.0394. The van der Waals surface area contributed by atoms with Crippen molar-refractivity contribution in [3.8, 4) is 78.0 Å². The first kappa shape index (κ1) is 74.1. The van der Waals surface area contributed by atoms with Crippen LogP contribution in [0.3, 0.4) is 0 Å². The molecule has 0 spiro atoms. The number of fused-ring (bicyclic) bond motifs is 3. The SMILES string of the molecule is CCCCCCc1c(-c2ccc(-c3cccs3)s2)sc(-c2ccc(-c3ccc(C4=C5C=C(C(C)(C)C)C=C6c7ccccc7C7=CC(C(C)(C)C)=CC(=C4c4ccc(-c8ccc(-c9sc(-c%10ccc(-c%11cccs%11)s%10)c(CCCCCC)c9CCCCCC)s8)s4)[C@]7(C)[C@]65C)s3)s2)c1CCCCCC. The Morgan fingerprint density at radius 3 is 0.837 bits per heavy atom. The van der Waals surface area contributed by atoms with Crippen LogP contribution in [0.2, 0.25) is 0 Å². The number of unbranched alkanes of at least 4 members (excludes halogenated alkanes) is 12. The topological polar surface area (TPSA) is 0 Å². The van der Waals surface area contributed by atoms with Crippen LogP contribution in [-0.4, -0.2) is 0 Å². The molecule has 0 aliphatic heterocycles. The van der Waals surface area contributed by atoms with E-state index in [9.17, 15) is 0 Å². The van der Waals surface area contributed by atoms with Gasteiger partial charge in [0.05, 0.1) is 0 Å². The summed E-state index contributed by atoms with van der Waals surface area (Å²) in [5.41, 5.74) is 19.8. The number of rotatable bonds is 30. The maximum Gasteiger partial charge on any atom is 0.0484 e. The first-order chi connectivity index (χ1) is 50.4. The molecule has 0 nitrogen and oxygen atoms in total. The molecule has 0 amide bonds. The summed E-state index contributed by atoms with van der Waals surface area (Å²) in [6.07, 6.45) is 35.6. The summed E-state index contributed by atoms with van der Waals surface area (Å²) < 4.78 is 0. The number of thiophene rings is 10. The van der Waals surface area contributed by atoms with E-state index in [0.29, 0.717) is 0 Å². The molecule has 11 aromatic rings. The summed E-state index contributed by atoms with van der Waals surface area (Å²) in [5, 5.41) is 4.44. The molecule has 10 aromatic heterocycles. The average Bonchev–Trinajstić information content (AvgIpc) is 0.878. The van der Waals surface area contributed by atoms with Crippen molar-refractivity contribution < 1.29 is 0 Å². The summed E-state index contributed by atoms with van der Waals surface area (Å²) >= 11 is 20.0. The molecular formula is C94H102S10. The molecule has 10 heteroatoms. The zero-order chi connectivity index (χ0) is 72.1. The Kier molecular flexibility index (Phi) is 22.3. The fraction of sp³-hybridized carbons (Fsp3) is 0.383. The molecule has 4 aliphatic rings. The molecule has 2 atom stereocenters. The molecule has 1 aromatic carbocycles. The molecule has 0 fully saturated rings. The molecule has 0 saturated heterocycles. The van der Waals surface area contributed by atoms with Crippen molar-refractivity contribution in [3.05, 3.63) is 222 Å². The highest BCUT2D eigenvalue weighted by Crippen LogP contribution is 2.75. The number of hydrogen-bond donors (Lipinski definition) is 0. The summed E-state index contributed by atoms with van der Waals surface area (Å²) in [5.74, 6) is 0. The molecule has 104 heavy (non-hydrogen) atoms. The van der Waals surface area contributed by atoms with E-state index in [0.717, 1.165) is 25.7 Å². The standard InChI is InChI=1S/C94H102S10/c1-13-17-21-25-35-63-65(37-27-23-19-15-3)89(103-87(63)81-49-43-73(99-81)71-39-31-53-95-71)83-51-45-77(101-83)75-41-47-79(97-75)85-69-57-59(91(5,6)7)55-67-61-33-29-30-34-62(61)68-56-60(92(8,9)10)58-70(94(68,12)93(67,69)11)86(85)80-48-42-76(98-80)78-46-52-84(102-78)90-66(38-28-24-20-16-4)64(36-26-22-18-14-2)88(104-90)82-50-44-74(100-82)72-40-32-54-96-72/h29-34,39-58H,13-28,35-38H2,1-12H3/t93-,94-/m1/s1. The van der Waals surface area contributed by atoms with Gasteiger partial charge in [-0.3, -0.25) is 0 Å². The lowest BCUT2D eigenvalue weighted by atomic mass is 9.41. The van der Waals surface area contributed by atoms with Gasteiger partial charge in [0, 0.05) is 110 Å². The highest BCUT2D eigenvalue weighted by Gasteiger charge is 2.62. The lowest BCUT2D eigenvalue weighted by Crippen LogP contribution is -2.49. The first-order valence-corrected chi connectivity index (χ1v) is 47.2. The predicted molar refractivity (Wildman–Crippen MR) is 474 cm³/mol. The van der Waals surface area contributed by atoms with Crippen LogP contribution in [-0.2, 0) is 25.7 Å². The second kappa shape index (κ2) is 31.3. The fourth-order valence-electron chi connectivity index (χ4n) is 16.8. The zero-order valence-electron chi connectivity index (χ0n) is 63.2. The van der Waals surface area contributed by atoms with Crippen LogP contribution in [0.25, 0.3) is 100 Å². The van der Waals surface area contributed by atoms with Crippen LogP contribution in [0.1, 0.15) is 229 Å². The monoisotopic (exact) mass is 1550 g/mol. The van der Waals surface area contributed by atoms with Crippen molar-refractivity contribution in [2.24, 2.45) is 21.7 Å². The lowest BCUT2D eigenvalue weighted by Gasteiger charge is -2.61. The Hall–Kier alpha value is -5.34. The third-order valence-corrected chi connectivity index (χ3v) is 35.1. The summed E-state index contributed by atoms with van der Waals surface area (Å²) in [6, 6.07) is 48.1. The molecule has 0 saturated carbocycles. The highest BCUT2D eigenvalue weighted by molar-refractivity contribution is 7.31. The molecule has 0 radical (unpaired) electrons. The fourth-order valence-corrected chi connectivity index (χ4v) is 28.1. The molecule has 0 N–H and O–H groups in total. The molecule has 10 heterocycles. The van der Waals surface area contributed by atoms with Crippen LogP contribution >= 0.6 is 113 Å². The maximum absolute atomic E-state index is 2.69. The van der Waals surface area contributed by atoms with E-state index in [2.05, 4.69) is 262 Å². The Bertz CT molecular complexity index is 4750. The summed E-state index contributed by atoms with van der Waals surface area (Å²) in [7, 11) is 0. The van der Waals surface area contributed by atoms with Gasteiger partial charge in [0.25, 0.3) is 0 Å². The molecule has 0 bridgehead atoms. The van der Waals surface area contributed by atoms with Gasteiger partial charge in [-0.15, -0.1) is 113 Å². The predicted octanol–water partition coefficient (Wildman–Crippen LogP) is 33.8. The van der Waals surface area contributed by atoms with Gasteiger partial charge < -0.3 is 0 Å². The zero-order valence-corrected chi connectivity index (χ0v) is 71.4. The van der Waals surface area contributed by atoms with Crippen molar-refractivity contribution >= 4 is 136 Å². The Labute approximate surface area is 662 Å². The van der Waals surface area contributed by atoms with Gasteiger partial charge in [-0.1, -0.05) is 221 Å². The molecule has 15 rings (SSSR count). The first-order valence-electron chi connectivity index (χ1n) is 38.9. The van der Waals surface area contributed by atoms with Crippen LogP contribution in [0.15, 0.2) is 179 Å². The van der Waals surface area contributed by atoms with E-state index in [4.69, 9.17) is 0 Å². The van der Waals surface area contributed by atoms with Gasteiger partial charge in [-0.05, 0) is 225 Å². The van der Waals surface area contributed by atoms with E-state index in [1.165, 1.54) is 246 Å². The van der Waals surface area contributed by atoms with Crippen LogP contribution < -0.4 is 0 Å². The van der Waals surface area contributed by atoms with E-state index in [1.54, 1.807) is 22.3 Å². The highest BCUT2D eigenvalue weighted by atomic mass is 32.1. The second-order valence-corrected chi connectivity index (χ2v) is 42.2. The van der Waals surface area contributed by atoms with Crippen LogP contribution in [0.4, 0.5) is 0 Å².